The molecule has 0 bridgehead atoms. The van der Waals surface area contributed by atoms with Crippen molar-refractivity contribution in [2.45, 2.75) is 62.8 Å². The molecule has 1 unspecified atom stereocenters. The SMILES string of the molecule is CC1(C)O[C@H]2OC([C@@H]3N[14C](=O)C[C@@H]3O)[C@H](O)[C@H]2O1. The first-order valence-electron chi connectivity index (χ1n) is 6.04. The summed E-state index contributed by atoms with van der Waals surface area (Å²) < 4.78 is 16.6. The maximum Gasteiger partial charge on any atom is 0.223 e. The molecule has 7 heteroatoms. The Labute approximate surface area is 104 Å². The molecule has 102 valence electrons. The third kappa shape index (κ3) is 1.83. The number of nitrogens with one attached hydrogen (secondary N) is 1. The number of aliphatic hydroxyl groups is 2. The van der Waals surface area contributed by atoms with Crippen molar-refractivity contribution in [3.05, 3.63) is 0 Å². The number of aliphatic hydroxyl groups excluding tert-OH is 2. The molecule has 6 atom stereocenters. The fourth-order valence-electron chi connectivity index (χ4n) is 2.77. The third-order valence-corrected chi connectivity index (χ3v) is 3.54. The Kier molecular flexibility index (Phi) is 2.65. The second-order valence-electron chi connectivity index (χ2n) is 5.42. The summed E-state index contributed by atoms with van der Waals surface area (Å²) >= 11 is 0. The molecule has 0 aliphatic carbocycles. The van der Waals surface area contributed by atoms with Gasteiger partial charge in [-0.15, -0.1) is 0 Å². The van der Waals surface area contributed by atoms with E-state index in [1.165, 1.54) is 0 Å². The maximum atomic E-state index is 11.2. The van der Waals surface area contributed by atoms with Crippen molar-refractivity contribution in [2.75, 3.05) is 0 Å². The highest BCUT2D eigenvalue weighted by Crippen LogP contribution is 2.39. The summed E-state index contributed by atoms with van der Waals surface area (Å²) in [6, 6.07) is -0.617. The first kappa shape index (κ1) is 12.3. The molecular formula is C11H17NO6. The molecule has 3 aliphatic heterocycles. The van der Waals surface area contributed by atoms with Crippen LogP contribution < -0.4 is 5.32 Å². The van der Waals surface area contributed by atoms with E-state index < -0.39 is 42.5 Å². The second kappa shape index (κ2) is 3.88. The molecule has 3 aliphatic rings. The Morgan fingerprint density at radius 3 is 2.56 bits per heavy atom. The standard InChI is InChI=1S/C11H17NO6/c1-11(2)17-9-7(15)8(16-10(9)18-11)6-4(13)3-5(14)12-6/h4,6-10,13,15H,3H2,1-2H3,(H,12,14)/t4-,6+,7-,8?,9+,10+/m0/s1/i5+2. The molecule has 3 N–H and O–H groups in total. The lowest BCUT2D eigenvalue weighted by Crippen LogP contribution is -2.49. The lowest BCUT2D eigenvalue weighted by molar-refractivity contribution is -0.219. The Balaban J connectivity index is 1.73. The minimum atomic E-state index is -0.935. The van der Waals surface area contributed by atoms with Gasteiger partial charge in [0.2, 0.25) is 5.91 Å². The van der Waals surface area contributed by atoms with Gasteiger partial charge in [-0.3, -0.25) is 4.79 Å². The molecule has 0 aromatic rings. The first-order chi connectivity index (χ1) is 8.37. The second-order valence-corrected chi connectivity index (χ2v) is 5.42. The van der Waals surface area contributed by atoms with Crippen molar-refractivity contribution >= 4 is 5.91 Å². The Bertz CT molecular complexity index is 373. The number of carbonyl (C=O) groups excluding carboxylic acids is 1. The van der Waals surface area contributed by atoms with Crippen LogP contribution in [0.15, 0.2) is 0 Å². The van der Waals surface area contributed by atoms with Gasteiger partial charge in [0, 0.05) is 0 Å². The molecule has 18 heavy (non-hydrogen) atoms. The summed E-state index contributed by atoms with van der Waals surface area (Å²) in [5.74, 6) is -1.04. The van der Waals surface area contributed by atoms with Crippen LogP contribution in [0.4, 0.5) is 0 Å². The molecule has 3 saturated heterocycles. The van der Waals surface area contributed by atoms with Crippen LogP contribution in [-0.2, 0) is 19.0 Å². The summed E-state index contributed by atoms with van der Waals surface area (Å²) in [5, 5.41) is 22.5. The fraction of sp³-hybridized carbons (Fsp3) is 0.909. The zero-order valence-corrected chi connectivity index (χ0v) is 10.2. The third-order valence-electron chi connectivity index (χ3n) is 3.54. The van der Waals surface area contributed by atoms with Gasteiger partial charge >= 0.3 is 0 Å². The fourth-order valence-corrected chi connectivity index (χ4v) is 2.77. The van der Waals surface area contributed by atoms with Gasteiger partial charge in [-0.25, -0.2) is 0 Å². The summed E-state index contributed by atoms with van der Waals surface area (Å²) in [6.07, 6.45) is -3.73. The van der Waals surface area contributed by atoms with E-state index in [4.69, 9.17) is 14.2 Å². The molecule has 3 rings (SSSR count). The molecule has 0 aromatic heterocycles. The normalized spacial score (nSPS) is 50.3. The van der Waals surface area contributed by atoms with Crippen LogP contribution in [0.3, 0.4) is 0 Å². The monoisotopic (exact) mass is 261 g/mol. The van der Waals surface area contributed by atoms with E-state index >= 15 is 0 Å². The largest absolute Gasteiger partial charge is 0.390 e. The number of carbonyl (C=O) groups is 1. The highest BCUT2D eigenvalue weighted by atomic mass is 16.8. The van der Waals surface area contributed by atoms with Gasteiger partial charge in [0.1, 0.15) is 18.3 Å². The lowest BCUT2D eigenvalue weighted by Gasteiger charge is -2.27. The number of fused-ring (bicyclic) bond motifs is 1. The molecule has 3 fully saturated rings. The molecular weight excluding hydrogens is 244 g/mol. The van der Waals surface area contributed by atoms with E-state index in [0.717, 1.165) is 0 Å². The molecule has 0 saturated carbocycles. The van der Waals surface area contributed by atoms with Crippen LogP contribution in [-0.4, -0.2) is 58.7 Å². The van der Waals surface area contributed by atoms with E-state index in [1.54, 1.807) is 13.8 Å². The van der Waals surface area contributed by atoms with Gasteiger partial charge in [0.15, 0.2) is 12.1 Å². The van der Waals surface area contributed by atoms with Crippen LogP contribution in [0.25, 0.3) is 0 Å². The van der Waals surface area contributed by atoms with Crippen molar-refractivity contribution in [2.24, 2.45) is 0 Å². The quantitative estimate of drug-likeness (QED) is 0.530. The zero-order chi connectivity index (χ0) is 13.1. The Hall–Kier alpha value is -0.730. The summed E-state index contributed by atoms with van der Waals surface area (Å²) in [6.45, 7) is 3.48. The Morgan fingerprint density at radius 2 is 2.00 bits per heavy atom. The van der Waals surface area contributed by atoms with Crippen LogP contribution in [0.1, 0.15) is 20.3 Å². The van der Waals surface area contributed by atoms with Crippen molar-refractivity contribution in [3.63, 3.8) is 0 Å². The molecule has 3 heterocycles. The van der Waals surface area contributed by atoms with Crippen LogP contribution in [0.2, 0.25) is 0 Å². The van der Waals surface area contributed by atoms with E-state index in [-0.39, 0.29) is 12.3 Å². The van der Waals surface area contributed by atoms with Gasteiger partial charge in [-0.2, -0.15) is 0 Å². The van der Waals surface area contributed by atoms with Gasteiger partial charge in [-0.1, -0.05) is 0 Å². The first-order valence-corrected chi connectivity index (χ1v) is 6.04. The van der Waals surface area contributed by atoms with Crippen molar-refractivity contribution in [1.29, 1.82) is 0 Å². The summed E-state index contributed by atoms with van der Waals surface area (Å²) in [4.78, 5) is 11.2. The predicted octanol–water partition coefficient (Wildman–Crippen LogP) is -1.53. The van der Waals surface area contributed by atoms with Crippen LogP contribution in [0.5, 0.6) is 0 Å². The predicted molar refractivity (Wildman–Crippen MR) is 57.3 cm³/mol. The average molecular weight is 261 g/mol. The van der Waals surface area contributed by atoms with E-state index in [1.807, 2.05) is 0 Å². The van der Waals surface area contributed by atoms with Crippen LogP contribution >= 0.6 is 0 Å². The van der Waals surface area contributed by atoms with Crippen molar-refractivity contribution in [1.82, 2.24) is 5.32 Å². The summed E-state index contributed by atoms with van der Waals surface area (Å²) in [7, 11) is 0. The minimum Gasteiger partial charge on any atom is -0.390 e. The van der Waals surface area contributed by atoms with Crippen molar-refractivity contribution in [3.8, 4) is 0 Å². The molecule has 1 amide bonds. The molecule has 0 spiro atoms. The van der Waals surface area contributed by atoms with Crippen LogP contribution in [0, 0.1) is 0 Å². The highest BCUT2D eigenvalue weighted by Gasteiger charge is 2.57. The van der Waals surface area contributed by atoms with Gasteiger partial charge < -0.3 is 29.7 Å². The maximum absolute atomic E-state index is 11.2. The smallest absolute Gasteiger partial charge is 0.223 e. The number of hydrogen-bond donors (Lipinski definition) is 3. The summed E-state index contributed by atoms with van der Waals surface area (Å²) in [5.41, 5.74) is 0. The number of rotatable bonds is 1. The van der Waals surface area contributed by atoms with E-state index in [0.29, 0.717) is 0 Å². The van der Waals surface area contributed by atoms with Gasteiger partial charge in [0.25, 0.3) is 0 Å². The number of hydrogen-bond acceptors (Lipinski definition) is 6. The van der Waals surface area contributed by atoms with E-state index in [9.17, 15) is 15.0 Å². The minimum absolute atomic E-state index is 0.0276. The number of amides is 1. The van der Waals surface area contributed by atoms with Gasteiger partial charge in [-0.05, 0) is 13.8 Å². The van der Waals surface area contributed by atoms with Gasteiger partial charge in [0.05, 0.1) is 18.6 Å². The average Bonchev–Trinajstić information content (AvgIpc) is 2.81. The number of ether oxygens (including phenoxy) is 3. The molecule has 0 aromatic carbocycles. The zero-order valence-electron chi connectivity index (χ0n) is 10.2. The van der Waals surface area contributed by atoms with Crippen molar-refractivity contribution < 1.29 is 29.2 Å². The molecule has 7 nitrogen and oxygen atoms in total. The lowest BCUT2D eigenvalue weighted by atomic mass is 10.0. The highest BCUT2D eigenvalue weighted by molar-refractivity contribution is 5.79. The van der Waals surface area contributed by atoms with E-state index in [2.05, 4.69) is 5.32 Å². The Morgan fingerprint density at radius 1 is 1.28 bits per heavy atom. The molecule has 0 radical (unpaired) electrons. The topological polar surface area (TPSA) is 97.3 Å².